The van der Waals surface area contributed by atoms with Crippen molar-refractivity contribution in [1.82, 2.24) is 9.97 Å². The van der Waals surface area contributed by atoms with Crippen molar-refractivity contribution >= 4 is 5.82 Å². The fourth-order valence-corrected chi connectivity index (χ4v) is 1.86. The molecule has 2 aromatic rings. The first-order chi connectivity index (χ1) is 11.9. The van der Waals surface area contributed by atoms with Crippen LogP contribution in [-0.4, -0.2) is 40.9 Å². The molecule has 0 saturated carbocycles. The molecule has 1 heterocycles. The molecule has 6 nitrogen and oxygen atoms in total. The zero-order chi connectivity index (χ0) is 18.3. The van der Waals surface area contributed by atoms with Crippen LogP contribution in [0.2, 0.25) is 0 Å². The fraction of sp³-hybridized carbons (Fsp3) is 0.375. The minimum absolute atomic E-state index is 0.0864. The van der Waals surface area contributed by atoms with Gasteiger partial charge in [0.25, 0.3) is 0 Å². The van der Waals surface area contributed by atoms with Gasteiger partial charge in [0, 0.05) is 6.54 Å². The zero-order valence-corrected chi connectivity index (χ0v) is 13.5. The molecule has 0 aliphatic rings. The summed E-state index contributed by atoms with van der Waals surface area (Å²) in [6.45, 7) is 2.33. The van der Waals surface area contributed by atoms with Crippen LogP contribution in [0.1, 0.15) is 12.5 Å². The Bertz CT molecular complexity index is 666. The van der Waals surface area contributed by atoms with Gasteiger partial charge in [0.1, 0.15) is 24.3 Å². The molecule has 2 N–H and O–H groups in total. The molecule has 1 aromatic carbocycles. The van der Waals surface area contributed by atoms with Gasteiger partial charge in [0.2, 0.25) is 5.88 Å². The van der Waals surface area contributed by atoms with E-state index in [0.717, 1.165) is 12.1 Å². The standard InChI is InChI=1S/C16H18F3N3O3/c1-2-24-15-9-20-8-14(22-15)21-7-12(23)10-25-13-5-3-11(4-6-13)16(17,18)19/h3-6,8-9,12,23H,2,7,10H2,1H3,(H,21,22). The van der Waals surface area contributed by atoms with Crippen LogP contribution < -0.4 is 14.8 Å². The molecule has 1 atom stereocenters. The maximum absolute atomic E-state index is 12.5. The lowest BCUT2D eigenvalue weighted by molar-refractivity contribution is -0.137. The normalized spacial score (nSPS) is 12.5. The molecule has 9 heteroatoms. The second-order valence-corrected chi connectivity index (χ2v) is 5.04. The molecule has 0 bridgehead atoms. The van der Waals surface area contributed by atoms with Crippen LogP contribution in [-0.2, 0) is 6.18 Å². The highest BCUT2D eigenvalue weighted by Crippen LogP contribution is 2.30. The summed E-state index contributed by atoms with van der Waals surface area (Å²) in [5.74, 6) is 1.03. The molecule has 0 amide bonds. The molecule has 0 radical (unpaired) electrons. The van der Waals surface area contributed by atoms with Crippen LogP contribution in [0.5, 0.6) is 11.6 Å². The lowest BCUT2D eigenvalue weighted by atomic mass is 10.2. The summed E-state index contributed by atoms with van der Waals surface area (Å²) in [7, 11) is 0. The van der Waals surface area contributed by atoms with E-state index >= 15 is 0 Å². The average molecular weight is 357 g/mol. The van der Waals surface area contributed by atoms with Crippen LogP contribution in [0.3, 0.4) is 0 Å². The number of rotatable bonds is 8. The number of nitrogens with one attached hydrogen (secondary N) is 1. The van der Waals surface area contributed by atoms with Crippen LogP contribution >= 0.6 is 0 Å². The SMILES string of the molecule is CCOc1cncc(NCC(O)COc2ccc(C(F)(F)F)cc2)n1. The summed E-state index contributed by atoms with van der Waals surface area (Å²) in [6, 6.07) is 4.27. The smallest absolute Gasteiger partial charge is 0.416 e. The molecule has 136 valence electrons. The van der Waals surface area contributed by atoms with Gasteiger partial charge < -0.3 is 19.9 Å². The summed E-state index contributed by atoms with van der Waals surface area (Å²) in [5, 5.41) is 12.8. The molecular formula is C16H18F3N3O3. The molecule has 0 aliphatic heterocycles. The molecule has 1 aromatic heterocycles. The lowest BCUT2D eigenvalue weighted by Crippen LogP contribution is -2.26. The van der Waals surface area contributed by atoms with Crippen molar-refractivity contribution in [3.63, 3.8) is 0 Å². The molecule has 0 fully saturated rings. The Hall–Kier alpha value is -2.55. The third-order valence-corrected chi connectivity index (χ3v) is 3.05. The van der Waals surface area contributed by atoms with E-state index in [2.05, 4.69) is 15.3 Å². The van der Waals surface area contributed by atoms with Gasteiger partial charge in [-0.25, -0.2) is 0 Å². The first kappa shape index (κ1) is 18.8. The van der Waals surface area contributed by atoms with Crippen molar-refractivity contribution < 1.29 is 27.8 Å². The second-order valence-electron chi connectivity index (χ2n) is 5.04. The van der Waals surface area contributed by atoms with Gasteiger partial charge in [-0.2, -0.15) is 18.2 Å². The predicted octanol–water partition coefficient (Wildman–Crippen LogP) is 2.75. The number of alkyl halides is 3. The fourth-order valence-electron chi connectivity index (χ4n) is 1.86. The molecule has 0 saturated heterocycles. The van der Waals surface area contributed by atoms with Crippen LogP contribution in [0.25, 0.3) is 0 Å². The number of aliphatic hydroxyl groups is 1. The number of benzene rings is 1. The van der Waals surface area contributed by atoms with E-state index in [9.17, 15) is 18.3 Å². The number of halogens is 3. The van der Waals surface area contributed by atoms with Gasteiger partial charge >= 0.3 is 6.18 Å². The first-order valence-corrected chi connectivity index (χ1v) is 7.55. The Kier molecular flexibility index (Phi) is 6.40. The quantitative estimate of drug-likeness (QED) is 0.757. The summed E-state index contributed by atoms with van der Waals surface area (Å²) < 4.78 is 47.9. The highest BCUT2D eigenvalue weighted by atomic mass is 19.4. The Morgan fingerprint density at radius 2 is 1.88 bits per heavy atom. The summed E-state index contributed by atoms with van der Waals surface area (Å²) in [4.78, 5) is 8.08. The molecule has 25 heavy (non-hydrogen) atoms. The Morgan fingerprint density at radius 3 is 2.52 bits per heavy atom. The predicted molar refractivity (Wildman–Crippen MR) is 84.6 cm³/mol. The van der Waals surface area contributed by atoms with Gasteiger partial charge in [-0.3, -0.25) is 4.98 Å². The summed E-state index contributed by atoms with van der Waals surface area (Å²) >= 11 is 0. The van der Waals surface area contributed by atoms with Crippen molar-refractivity contribution in [2.45, 2.75) is 19.2 Å². The Labute approximate surface area is 142 Å². The topological polar surface area (TPSA) is 76.5 Å². The van der Waals surface area contributed by atoms with E-state index in [1.807, 2.05) is 6.92 Å². The van der Waals surface area contributed by atoms with Gasteiger partial charge in [0.05, 0.1) is 24.6 Å². The molecule has 2 rings (SSSR count). The van der Waals surface area contributed by atoms with Crippen LogP contribution in [0.15, 0.2) is 36.7 Å². The number of anilines is 1. The number of hydrogen-bond donors (Lipinski definition) is 2. The van der Waals surface area contributed by atoms with Crippen molar-refractivity contribution in [2.24, 2.45) is 0 Å². The lowest BCUT2D eigenvalue weighted by Gasteiger charge is -2.14. The highest BCUT2D eigenvalue weighted by molar-refractivity contribution is 5.33. The van der Waals surface area contributed by atoms with E-state index in [0.29, 0.717) is 18.3 Å². The summed E-state index contributed by atoms with van der Waals surface area (Å²) in [5.41, 5.74) is -0.755. The van der Waals surface area contributed by atoms with Crippen molar-refractivity contribution in [2.75, 3.05) is 25.1 Å². The third-order valence-electron chi connectivity index (χ3n) is 3.05. The molecule has 1 unspecified atom stereocenters. The van der Waals surface area contributed by atoms with Crippen molar-refractivity contribution in [3.8, 4) is 11.6 Å². The Balaban J connectivity index is 1.79. The first-order valence-electron chi connectivity index (χ1n) is 7.55. The molecule has 0 spiro atoms. The van der Waals surface area contributed by atoms with E-state index in [1.54, 1.807) is 0 Å². The van der Waals surface area contributed by atoms with Crippen LogP contribution in [0, 0.1) is 0 Å². The number of ether oxygens (including phenoxy) is 2. The maximum atomic E-state index is 12.5. The average Bonchev–Trinajstić information content (AvgIpc) is 2.58. The van der Waals surface area contributed by atoms with E-state index in [4.69, 9.17) is 9.47 Å². The number of aliphatic hydroxyl groups excluding tert-OH is 1. The minimum Gasteiger partial charge on any atom is -0.491 e. The minimum atomic E-state index is -4.39. The van der Waals surface area contributed by atoms with Gasteiger partial charge in [-0.15, -0.1) is 0 Å². The maximum Gasteiger partial charge on any atom is 0.416 e. The van der Waals surface area contributed by atoms with E-state index in [-0.39, 0.29) is 18.9 Å². The number of nitrogens with zero attached hydrogens (tertiary/aromatic N) is 2. The van der Waals surface area contributed by atoms with E-state index in [1.165, 1.54) is 24.5 Å². The van der Waals surface area contributed by atoms with Gasteiger partial charge in [0.15, 0.2) is 0 Å². The zero-order valence-electron chi connectivity index (χ0n) is 13.5. The van der Waals surface area contributed by atoms with Crippen LogP contribution in [0.4, 0.5) is 19.0 Å². The molecular weight excluding hydrogens is 339 g/mol. The largest absolute Gasteiger partial charge is 0.491 e. The highest BCUT2D eigenvalue weighted by Gasteiger charge is 2.30. The number of hydrogen-bond acceptors (Lipinski definition) is 6. The number of aromatic nitrogens is 2. The van der Waals surface area contributed by atoms with Crippen molar-refractivity contribution in [3.05, 3.63) is 42.2 Å². The third kappa shape index (κ3) is 6.11. The van der Waals surface area contributed by atoms with E-state index < -0.39 is 17.8 Å². The second kappa shape index (κ2) is 8.52. The van der Waals surface area contributed by atoms with Gasteiger partial charge in [-0.1, -0.05) is 0 Å². The monoisotopic (exact) mass is 357 g/mol. The Morgan fingerprint density at radius 1 is 1.16 bits per heavy atom. The molecule has 0 aliphatic carbocycles. The van der Waals surface area contributed by atoms with Gasteiger partial charge in [-0.05, 0) is 31.2 Å². The van der Waals surface area contributed by atoms with Crippen molar-refractivity contribution in [1.29, 1.82) is 0 Å². The summed E-state index contributed by atoms with van der Waals surface area (Å²) in [6.07, 6.45) is -2.33.